The van der Waals surface area contributed by atoms with Crippen LogP contribution < -0.4 is 10.6 Å². The van der Waals surface area contributed by atoms with Crippen LogP contribution in [0.2, 0.25) is 0 Å². The smallest absolute Gasteiger partial charge is 0.191 e. The van der Waals surface area contributed by atoms with E-state index in [4.69, 9.17) is 4.99 Å². The minimum absolute atomic E-state index is 0. The Morgan fingerprint density at radius 3 is 2.52 bits per heavy atom. The van der Waals surface area contributed by atoms with Crippen LogP contribution in [0.3, 0.4) is 0 Å². The standard InChI is InChI=1S/C16H34N4.HI/c1-7-17-15(19-16(4,5)6)18-11-14-9-8-10-20(12-14)13(2)3;/h13-14H,7-12H2,1-6H3,(H2,17,18,19);1H. The van der Waals surface area contributed by atoms with Gasteiger partial charge >= 0.3 is 0 Å². The van der Waals surface area contributed by atoms with Crippen LogP contribution in [0, 0.1) is 5.92 Å². The minimum atomic E-state index is 0. The van der Waals surface area contributed by atoms with Gasteiger partial charge < -0.3 is 15.5 Å². The summed E-state index contributed by atoms with van der Waals surface area (Å²) in [6, 6.07) is 0.655. The van der Waals surface area contributed by atoms with Crippen molar-refractivity contribution in [3.8, 4) is 0 Å². The number of guanidine groups is 1. The third-order valence-corrected chi connectivity index (χ3v) is 3.63. The van der Waals surface area contributed by atoms with E-state index in [2.05, 4.69) is 57.1 Å². The molecule has 0 radical (unpaired) electrons. The fraction of sp³-hybridized carbons (Fsp3) is 0.938. The summed E-state index contributed by atoms with van der Waals surface area (Å²) in [6.07, 6.45) is 2.61. The maximum absolute atomic E-state index is 4.78. The highest BCUT2D eigenvalue weighted by Gasteiger charge is 2.21. The molecule has 1 atom stereocenters. The molecule has 0 aromatic heterocycles. The number of likely N-dealkylation sites (tertiary alicyclic amines) is 1. The van der Waals surface area contributed by atoms with Crippen LogP contribution in [0.5, 0.6) is 0 Å². The molecule has 1 heterocycles. The molecule has 0 aromatic carbocycles. The SMILES string of the molecule is CCNC(=NCC1CCCN(C(C)C)C1)NC(C)(C)C.I. The molecule has 0 aromatic rings. The molecule has 1 aliphatic rings. The minimum Gasteiger partial charge on any atom is -0.357 e. The number of piperidine rings is 1. The molecule has 0 aliphatic carbocycles. The zero-order chi connectivity index (χ0) is 15.2. The van der Waals surface area contributed by atoms with Crippen molar-refractivity contribution in [1.29, 1.82) is 0 Å². The van der Waals surface area contributed by atoms with E-state index in [1.54, 1.807) is 0 Å². The summed E-state index contributed by atoms with van der Waals surface area (Å²) in [5, 5.41) is 6.79. The lowest BCUT2D eigenvalue weighted by Gasteiger charge is -2.35. The molecule has 126 valence electrons. The summed E-state index contributed by atoms with van der Waals surface area (Å²) in [4.78, 5) is 7.36. The monoisotopic (exact) mass is 410 g/mol. The van der Waals surface area contributed by atoms with Crippen molar-refractivity contribution in [2.45, 2.75) is 66.0 Å². The van der Waals surface area contributed by atoms with Gasteiger partial charge in [0.1, 0.15) is 0 Å². The van der Waals surface area contributed by atoms with Gasteiger partial charge in [-0.05, 0) is 66.8 Å². The normalized spacial score (nSPS) is 21.1. The van der Waals surface area contributed by atoms with E-state index in [1.165, 1.54) is 25.9 Å². The van der Waals surface area contributed by atoms with Gasteiger partial charge in [-0.3, -0.25) is 4.99 Å². The summed E-state index contributed by atoms with van der Waals surface area (Å²) in [7, 11) is 0. The summed E-state index contributed by atoms with van der Waals surface area (Å²) in [5.74, 6) is 1.64. The maximum atomic E-state index is 4.78. The van der Waals surface area contributed by atoms with Crippen LogP contribution >= 0.6 is 24.0 Å². The third-order valence-electron chi connectivity index (χ3n) is 3.63. The van der Waals surface area contributed by atoms with Gasteiger partial charge in [0.15, 0.2) is 5.96 Å². The Morgan fingerprint density at radius 2 is 2.00 bits per heavy atom. The van der Waals surface area contributed by atoms with Crippen molar-refractivity contribution in [1.82, 2.24) is 15.5 Å². The highest BCUT2D eigenvalue weighted by Crippen LogP contribution is 2.18. The number of rotatable bonds is 4. The quantitative estimate of drug-likeness (QED) is 0.425. The van der Waals surface area contributed by atoms with Gasteiger partial charge in [0, 0.05) is 31.2 Å². The van der Waals surface area contributed by atoms with Crippen molar-refractivity contribution in [3.63, 3.8) is 0 Å². The summed E-state index contributed by atoms with van der Waals surface area (Å²) >= 11 is 0. The van der Waals surface area contributed by atoms with E-state index in [9.17, 15) is 0 Å². The molecular weight excluding hydrogens is 375 g/mol. The van der Waals surface area contributed by atoms with Crippen molar-refractivity contribution >= 4 is 29.9 Å². The summed E-state index contributed by atoms with van der Waals surface area (Å²) < 4.78 is 0. The Kier molecular flexibility index (Phi) is 9.85. The third kappa shape index (κ3) is 8.86. The lowest BCUT2D eigenvalue weighted by molar-refractivity contribution is 0.143. The van der Waals surface area contributed by atoms with E-state index < -0.39 is 0 Å². The largest absolute Gasteiger partial charge is 0.357 e. The van der Waals surface area contributed by atoms with Crippen LogP contribution in [0.25, 0.3) is 0 Å². The highest BCUT2D eigenvalue weighted by atomic mass is 127. The number of nitrogens with one attached hydrogen (secondary N) is 2. The molecule has 1 aliphatic heterocycles. The lowest BCUT2D eigenvalue weighted by atomic mass is 9.97. The molecule has 4 nitrogen and oxygen atoms in total. The van der Waals surface area contributed by atoms with Crippen molar-refractivity contribution in [2.24, 2.45) is 10.9 Å². The van der Waals surface area contributed by atoms with E-state index in [1.807, 2.05) is 0 Å². The Balaban J connectivity index is 0.00000400. The second-order valence-corrected chi connectivity index (χ2v) is 7.19. The fourth-order valence-electron chi connectivity index (χ4n) is 2.60. The van der Waals surface area contributed by atoms with Crippen molar-refractivity contribution < 1.29 is 0 Å². The zero-order valence-corrected chi connectivity index (χ0v) is 17.0. The van der Waals surface area contributed by atoms with Gasteiger partial charge in [0.05, 0.1) is 0 Å². The average Bonchev–Trinajstić information content (AvgIpc) is 2.35. The molecule has 5 heteroatoms. The Labute approximate surface area is 148 Å². The van der Waals surface area contributed by atoms with Crippen LogP contribution in [0.15, 0.2) is 4.99 Å². The first-order valence-electron chi connectivity index (χ1n) is 8.12. The second-order valence-electron chi connectivity index (χ2n) is 7.19. The molecular formula is C16H35IN4. The Morgan fingerprint density at radius 1 is 1.33 bits per heavy atom. The van der Waals surface area contributed by atoms with Gasteiger partial charge in [-0.15, -0.1) is 24.0 Å². The summed E-state index contributed by atoms with van der Waals surface area (Å²) in [6.45, 7) is 17.5. The first kappa shape index (κ1) is 21.0. The van der Waals surface area contributed by atoms with Crippen LogP contribution in [0.1, 0.15) is 54.4 Å². The lowest BCUT2D eigenvalue weighted by Crippen LogP contribution is -2.48. The molecule has 0 saturated carbocycles. The van der Waals surface area contributed by atoms with Gasteiger partial charge in [-0.1, -0.05) is 0 Å². The van der Waals surface area contributed by atoms with Crippen LogP contribution in [-0.2, 0) is 0 Å². The van der Waals surface area contributed by atoms with Crippen molar-refractivity contribution in [3.05, 3.63) is 0 Å². The molecule has 21 heavy (non-hydrogen) atoms. The molecule has 0 bridgehead atoms. The van der Waals surface area contributed by atoms with E-state index >= 15 is 0 Å². The number of halogens is 1. The number of hydrogen-bond acceptors (Lipinski definition) is 2. The van der Waals surface area contributed by atoms with Crippen molar-refractivity contribution in [2.75, 3.05) is 26.2 Å². The van der Waals surface area contributed by atoms with E-state index in [0.29, 0.717) is 12.0 Å². The second kappa shape index (κ2) is 9.87. The summed E-state index contributed by atoms with van der Waals surface area (Å²) in [5.41, 5.74) is 0.0531. The first-order chi connectivity index (χ1) is 9.31. The van der Waals surface area contributed by atoms with E-state index in [0.717, 1.165) is 19.0 Å². The molecule has 2 N–H and O–H groups in total. The van der Waals surface area contributed by atoms with Gasteiger partial charge in [0.25, 0.3) is 0 Å². The fourth-order valence-corrected chi connectivity index (χ4v) is 2.60. The van der Waals surface area contributed by atoms with E-state index in [-0.39, 0.29) is 29.5 Å². The van der Waals surface area contributed by atoms with Gasteiger partial charge in [0.2, 0.25) is 0 Å². The molecule has 1 fully saturated rings. The Hall–Kier alpha value is -0.0400. The molecule has 1 rings (SSSR count). The topological polar surface area (TPSA) is 39.7 Å². The first-order valence-corrected chi connectivity index (χ1v) is 8.12. The number of aliphatic imine (C=N–C) groups is 1. The molecule has 0 spiro atoms. The average molecular weight is 410 g/mol. The Bertz CT molecular complexity index is 310. The predicted molar refractivity (Wildman–Crippen MR) is 104 cm³/mol. The predicted octanol–water partition coefficient (Wildman–Crippen LogP) is 3.08. The van der Waals surface area contributed by atoms with Crippen LogP contribution in [-0.4, -0.2) is 48.6 Å². The number of nitrogens with zero attached hydrogens (tertiary/aromatic N) is 2. The molecule has 0 amide bonds. The van der Waals surface area contributed by atoms with Gasteiger partial charge in [-0.2, -0.15) is 0 Å². The van der Waals surface area contributed by atoms with Crippen LogP contribution in [0.4, 0.5) is 0 Å². The maximum Gasteiger partial charge on any atom is 0.191 e. The zero-order valence-electron chi connectivity index (χ0n) is 14.7. The molecule has 1 saturated heterocycles. The number of hydrogen-bond donors (Lipinski definition) is 2. The highest BCUT2D eigenvalue weighted by molar-refractivity contribution is 14.0. The molecule has 1 unspecified atom stereocenters. The van der Waals surface area contributed by atoms with Gasteiger partial charge in [-0.25, -0.2) is 0 Å².